The number of nitrogens with one attached hydrogen (secondary N) is 2. The third-order valence-corrected chi connectivity index (χ3v) is 4.60. The van der Waals surface area contributed by atoms with Crippen molar-refractivity contribution in [2.75, 3.05) is 5.32 Å². The number of thiazole rings is 1. The van der Waals surface area contributed by atoms with Crippen LogP contribution in [0.5, 0.6) is 5.75 Å². The molecule has 0 fully saturated rings. The molecule has 4 rings (SSSR count). The van der Waals surface area contributed by atoms with E-state index in [1.807, 2.05) is 36.4 Å². The molecular weight excluding hydrogens is 348 g/mol. The summed E-state index contributed by atoms with van der Waals surface area (Å²) in [5.74, 6) is 0.772. The van der Waals surface area contributed by atoms with Crippen molar-refractivity contribution in [2.24, 2.45) is 10.2 Å². The predicted octanol–water partition coefficient (Wildman–Crippen LogP) is 3.76. The fraction of sp³-hybridized carbons (Fsp3) is 0. The van der Waals surface area contributed by atoms with Gasteiger partial charge in [-0.2, -0.15) is 5.10 Å². The molecule has 0 saturated carbocycles. The Hall–Kier alpha value is -3.45. The second-order valence-electron chi connectivity index (χ2n) is 5.58. The van der Waals surface area contributed by atoms with E-state index in [4.69, 9.17) is 0 Å². The van der Waals surface area contributed by atoms with Crippen molar-refractivity contribution in [1.29, 1.82) is 0 Å². The first-order valence-electron chi connectivity index (χ1n) is 7.87. The molecule has 128 valence electrons. The quantitative estimate of drug-likeness (QED) is 0.617. The lowest BCUT2D eigenvalue weighted by Gasteiger charge is -2.06. The standard InChI is InChI=1S/C19H14N4O2S/c24-15-8-6-14(7-9-15)21-18-16(26-19(25)22-18)10-13-11-20-23-17(13)12-4-2-1-3-5-12/h1-11,21,24H,(H,22,25). The molecule has 2 heterocycles. The number of allylic oxidation sites excluding steroid dienone is 1. The van der Waals surface area contributed by atoms with E-state index < -0.39 is 0 Å². The minimum absolute atomic E-state index is 0.161. The number of nitrogens with zero attached hydrogens (tertiary/aromatic N) is 2. The highest BCUT2D eigenvalue weighted by atomic mass is 32.1. The fourth-order valence-electron chi connectivity index (χ4n) is 2.56. The van der Waals surface area contributed by atoms with E-state index >= 15 is 0 Å². The van der Waals surface area contributed by atoms with Gasteiger partial charge in [0.25, 0.3) is 0 Å². The van der Waals surface area contributed by atoms with Crippen LogP contribution in [0.15, 0.2) is 75.2 Å². The Bertz CT molecular complexity index is 1080. The summed E-state index contributed by atoms with van der Waals surface area (Å²) < 4.78 is 0. The van der Waals surface area contributed by atoms with E-state index in [0.717, 1.165) is 38.7 Å². The van der Waals surface area contributed by atoms with Crippen LogP contribution >= 0.6 is 11.3 Å². The highest BCUT2D eigenvalue weighted by Gasteiger charge is 2.15. The molecule has 1 aliphatic heterocycles. The average molecular weight is 362 g/mol. The van der Waals surface area contributed by atoms with Crippen molar-refractivity contribution in [3.63, 3.8) is 0 Å². The molecule has 26 heavy (non-hydrogen) atoms. The molecule has 7 heteroatoms. The van der Waals surface area contributed by atoms with Gasteiger partial charge in [-0.25, -0.2) is 0 Å². The lowest BCUT2D eigenvalue weighted by Crippen LogP contribution is -2.02. The first-order chi connectivity index (χ1) is 12.7. The molecule has 0 aliphatic carbocycles. The van der Waals surface area contributed by atoms with Gasteiger partial charge in [0.2, 0.25) is 0 Å². The summed E-state index contributed by atoms with van der Waals surface area (Å²) in [7, 11) is 0. The van der Waals surface area contributed by atoms with E-state index in [1.165, 1.54) is 0 Å². The summed E-state index contributed by atoms with van der Waals surface area (Å²) in [4.78, 5) is 15.3. The van der Waals surface area contributed by atoms with Crippen molar-refractivity contribution in [1.82, 2.24) is 4.98 Å². The van der Waals surface area contributed by atoms with Crippen molar-refractivity contribution in [2.45, 2.75) is 0 Å². The number of aromatic amines is 1. The number of hydrogen-bond donors (Lipinski definition) is 3. The minimum atomic E-state index is -0.161. The van der Waals surface area contributed by atoms with E-state index in [-0.39, 0.29) is 10.6 Å². The maximum atomic E-state index is 11.9. The van der Waals surface area contributed by atoms with Crippen LogP contribution in [0.25, 0.3) is 6.08 Å². The topological polar surface area (TPSA) is 89.8 Å². The number of H-pyrrole nitrogens is 1. The van der Waals surface area contributed by atoms with Crippen molar-refractivity contribution < 1.29 is 5.11 Å². The van der Waals surface area contributed by atoms with Crippen molar-refractivity contribution >= 4 is 40.8 Å². The van der Waals surface area contributed by atoms with Gasteiger partial charge < -0.3 is 10.4 Å². The van der Waals surface area contributed by atoms with Gasteiger partial charge in [-0.1, -0.05) is 41.7 Å². The van der Waals surface area contributed by atoms with Crippen LogP contribution in [0.4, 0.5) is 11.5 Å². The highest BCUT2D eigenvalue weighted by molar-refractivity contribution is 7.10. The molecule has 2 aromatic carbocycles. The van der Waals surface area contributed by atoms with Gasteiger partial charge in [0.05, 0.1) is 11.1 Å². The molecule has 0 radical (unpaired) electrons. The summed E-state index contributed by atoms with van der Waals surface area (Å²) in [6.45, 7) is 0. The number of phenols is 1. The molecule has 0 spiro atoms. The molecule has 3 aromatic rings. The molecule has 3 N–H and O–H groups in total. The Balaban J connectivity index is 1.67. The third-order valence-electron chi connectivity index (χ3n) is 3.77. The molecular formula is C19H14N4O2S. The van der Waals surface area contributed by atoms with Gasteiger partial charge in [0.15, 0.2) is 0 Å². The second kappa shape index (κ2) is 6.81. The van der Waals surface area contributed by atoms with Gasteiger partial charge in [-0.05, 0) is 30.3 Å². The zero-order valence-electron chi connectivity index (χ0n) is 13.5. The monoisotopic (exact) mass is 362 g/mol. The smallest absolute Gasteiger partial charge is 0.306 e. The molecule has 0 amide bonds. The highest BCUT2D eigenvalue weighted by Crippen LogP contribution is 2.25. The maximum Gasteiger partial charge on any atom is 0.306 e. The molecule has 0 bridgehead atoms. The van der Waals surface area contributed by atoms with Crippen LogP contribution in [-0.2, 0) is 0 Å². The third kappa shape index (κ3) is 3.33. The Morgan fingerprint density at radius 2 is 1.85 bits per heavy atom. The van der Waals surface area contributed by atoms with Gasteiger partial charge in [0.1, 0.15) is 17.3 Å². The molecule has 0 atom stereocenters. The number of benzene rings is 2. The SMILES string of the molecule is O=c1[nH]c(Nc2ccc(O)cc2)c(C=C2C=NN=C2c2ccccc2)s1. The number of phenolic OH excluding ortho intramolecular Hbond substituents is 1. The first-order valence-corrected chi connectivity index (χ1v) is 8.68. The summed E-state index contributed by atoms with van der Waals surface area (Å²) >= 11 is 1.10. The van der Waals surface area contributed by atoms with Crippen LogP contribution in [0.2, 0.25) is 0 Å². The van der Waals surface area contributed by atoms with Crippen molar-refractivity contribution in [3.8, 4) is 5.75 Å². The van der Waals surface area contributed by atoms with Gasteiger partial charge in [-0.15, -0.1) is 5.10 Å². The number of rotatable bonds is 4. The summed E-state index contributed by atoms with van der Waals surface area (Å²) in [5, 5.41) is 20.8. The zero-order chi connectivity index (χ0) is 17.9. The summed E-state index contributed by atoms with van der Waals surface area (Å²) in [6, 6.07) is 16.4. The second-order valence-corrected chi connectivity index (χ2v) is 6.60. The number of anilines is 2. The summed E-state index contributed by atoms with van der Waals surface area (Å²) in [6.07, 6.45) is 3.56. The molecule has 0 unspecified atom stereocenters. The molecule has 1 aromatic heterocycles. The lowest BCUT2D eigenvalue weighted by molar-refractivity contribution is 0.475. The first kappa shape index (κ1) is 16.0. The largest absolute Gasteiger partial charge is 0.508 e. The fourth-order valence-corrected chi connectivity index (χ4v) is 3.30. The van der Waals surface area contributed by atoms with E-state index in [1.54, 1.807) is 30.5 Å². The number of aromatic nitrogens is 1. The molecule has 0 saturated heterocycles. The maximum absolute atomic E-state index is 11.9. The Morgan fingerprint density at radius 3 is 2.62 bits per heavy atom. The minimum Gasteiger partial charge on any atom is -0.508 e. The van der Waals surface area contributed by atoms with Crippen LogP contribution in [0.3, 0.4) is 0 Å². The van der Waals surface area contributed by atoms with Crippen LogP contribution in [0, 0.1) is 0 Å². The zero-order valence-corrected chi connectivity index (χ0v) is 14.3. The molecule has 6 nitrogen and oxygen atoms in total. The van der Waals surface area contributed by atoms with Gasteiger partial charge >= 0.3 is 4.87 Å². The Labute approximate surface area is 152 Å². The van der Waals surface area contributed by atoms with Gasteiger partial charge in [0, 0.05) is 16.8 Å². The number of aromatic hydroxyl groups is 1. The normalized spacial score (nSPS) is 14.6. The van der Waals surface area contributed by atoms with E-state index in [2.05, 4.69) is 20.5 Å². The van der Waals surface area contributed by atoms with E-state index in [0.29, 0.717) is 5.82 Å². The average Bonchev–Trinajstić information content (AvgIpc) is 3.25. The lowest BCUT2D eigenvalue weighted by atomic mass is 10.0. The van der Waals surface area contributed by atoms with Gasteiger partial charge in [-0.3, -0.25) is 9.78 Å². The van der Waals surface area contributed by atoms with Crippen molar-refractivity contribution in [3.05, 3.63) is 80.3 Å². The van der Waals surface area contributed by atoms with Crippen LogP contribution < -0.4 is 10.2 Å². The predicted molar refractivity (Wildman–Crippen MR) is 106 cm³/mol. The Kier molecular flexibility index (Phi) is 4.20. The van der Waals surface area contributed by atoms with E-state index in [9.17, 15) is 9.90 Å². The molecule has 1 aliphatic rings. The number of hydrogen-bond acceptors (Lipinski definition) is 6. The van der Waals surface area contributed by atoms with Crippen LogP contribution in [-0.4, -0.2) is 22.0 Å². The summed E-state index contributed by atoms with van der Waals surface area (Å²) in [5.41, 5.74) is 3.32. The van der Waals surface area contributed by atoms with Crippen LogP contribution in [0.1, 0.15) is 10.4 Å². The Morgan fingerprint density at radius 1 is 1.08 bits per heavy atom.